The summed E-state index contributed by atoms with van der Waals surface area (Å²) in [4.78, 5) is 14.3. The Morgan fingerprint density at radius 2 is 1.14 bits per heavy atom. The molecule has 2 unspecified atom stereocenters. The van der Waals surface area contributed by atoms with Gasteiger partial charge in [0.25, 0.3) is 0 Å². The molecule has 0 aromatic rings. The van der Waals surface area contributed by atoms with Crippen molar-refractivity contribution in [3.63, 3.8) is 0 Å². The van der Waals surface area contributed by atoms with Gasteiger partial charge in [0.15, 0.2) is 0 Å². The molecule has 0 aliphatic heterocycles. The van der Waals surface area contributed by atoms with E-state index in [9.17, 15) is 0 Å². The summed E-state index contributed by atoms with van der Waals surface area (Å²) in [7, 11) is -3.13. The highest BCUT2D eigenvalue weighted by Gasteiger charge is 1.61. The molecule has 0 spiro atoms. The van der Waals surface area contributed by atoms with Crippen LogP contribution < -0.4 is 0 Å². The van der Waals surface area contributed by atoms with Gasteiger partial charge in [-0.3, -0.25) is 4.57 Å². The Morgan fingerprint density at radius 3 is 1.14 bits per heavy atom. The van der Waals surface area contributed by atoms with Crippen LogP contribution in [0.3, 0.4) is 0 Å². The van der Waals surface area contributed by atoms with Crippen molar-refractivity contribution in [1.82, 2.24) is 0 Å². The minimum Gasteiger partial charge on any atom is -0.326 e. The second kappa shape index (κ2) is 15.7. The minimum absolute atomic E-state index is 0. The van der Waals surface area contributed by atoms with Crippen molar-refractivity contribution >= 4 is 40.5 Å². The summed E-state index contributed by atoms with van der Waals surface area (Å²) < 4.78 is 8.74. The average molecular weight is 186 g/mol. The van der Waals surface area contributed by atoms with Crippen molar-refractivity contribution in [2.24, 2.45) is 0 Å². The zero-order valence-electron chi connectivity index (χ0n) is 3.63. The molecule has 0 aliphatic carbocycles. The predicted molar refractivity (Wildman–Crippen MR) is 42.9 cm³/mol. The number of rotatable bonds is 0. The molecule has 0 fully saturated rings. The first kappa shape index (κ1) is 23.9. The smallest absolute Gasteiger partial charge is 0.314 e. The van der Waals surface area contributed by atoms with Crippen LogP contribution in [-0.2, 0) is 4.57 Å². The van der Waals surface area contributed by atoms with E-state index in [0.717, 1.165) is 0 Å². The van der Waals surface area contributed by atoms with Crippen LogP contribution in [0.5, 0.6) is 0 Å². The zero-order chi connectivity index (χ0) is 3.58. The summed E-state index contributed by atoms with van der Waals surface area (Å²) in [5, 5.41) is 0. The molecule has 0 saturated carbocycles. The lowest BCUT2D eigenvalue weighted by Crippen LogP contribution is -1.38. The lowest BCUT2D eigenvalue weighted by atomic mass is 15.8. The number of hydrogen-bond acceptors (Lipinski definition) is 1. The van der Waals surface area contributed by atoms with E-state index in [1.54, 1.807) is 0 Å². The van der Waals surface area contributed by atoms with Gasteiger partial charge in [-0.1, -0.05) is 0 Å². The van der Waals surface area contributed by atoms with Crippen molar-refractivity contribution in [1.29, 1.82) is 0 Å². The fourth-order valence-corrected chi connectivity index (χ4v) is 0. The van der Waals surface area contributed by atoms with E-state index in [-0.39, 0.29) is 32.2 Å². The second-order valence-electron chi connectivity index (χ2n) is 0.283. The standard InChI is InChI=1S/ClH.H3O3P.2H3P/c;1-4(2)3;;/h1H;4H,(H2,1,2,3);2*1H3. The van der Waals surface area contributed by atoms with Gasteiger partial charge in [0, 0.05) is 0 Å². The molecule has 0 rings (SSSR count). The quantitative estimate of drug-likeness (QED) is 0.520. The molecule has 0 heterocycles. The van der Waals surface area contributed by atoms with E-state index in [1.165, 1.54) is 0 Å². The Labute approximate surface area is 55.5 Å². The molecule has 2 atom stereocenters. The topological polar surface area (TPSA) is 57.5 Å². The Balaban J connectivity index is -0.0000000150. The summed E-state index contributed by atoms with van der Waals surface area (Å²) >= 11 is 0. The lowest BCUT2D eigenvalue weighted by Gasteiger charge is -1.61. The van der Waals surface area contributed by atoms with Gasteiger partial charge in [-0.25, -0.2) is 0 Å². The molecule has 0 aromatic heterocycles. The van der Waals surface area contributed by atoms with Crippen LogP contribution in [-0.4, -0.2) is 9.79 Å². The van der Waals surface area contributed by atoms with Crippen LogP contribution in [0.15, 0.2) is 0 Å². The summed E-state index contributed by atoms with van der Waals surface area (Å²) in [6.45, 7) is 0. The normalized spacial score (nSPS) is 5.00. The van der Waals surface area contributed by atoms with Crippen molar-refractivity contribution in [2.75, 3.05) is 0 Å². The molecule has 0 aromatic carbocycles. The molecule has 0 saturated heterocycles. The van der Waals surface area contributed by atoms with Crippen molar-refractivity contribution in [3.05, 3.63) is 0 Å². The third-order valence-corrected chi connectivity index (χ3v) is 0. The molecular formula is H10ClO3P3. The lowest BCUT2D eigenvalue weighted by molar-refractivity contribution is 0.405. The van der Waals surface area contributed by atoms with Gasteiger partial charge in [0.05, 0.1) is 0 Å². The number of halogens is 1. The van der Waals surface area contributed by atoms with E-state index in [1.807, 2.05) is 0 Å². The molecule has 7 heavy (non-hydrogen) atoms. The first-order valence-corrected chi connectivity index (χ1v) is 1.95. The molecule has 7 heteroatoms. The Hall–Kier alpha value is 1.30. The van der Waals surface area contributed by atoms with Gasteiger partial charge in [-0.05, 0) is 0 Å². The summed E-state index contributed by atoms with van der Waals surface area (Å²) in [5.41, 5.74) is 0. The van der Waals surface area contributed by atoms with Crippen LogP contribution in [0.25, 0.3) is 0 Å². The van der Waals surface area contributed by atoms with Crippen LogP contribution in [0, 0.1) is 0 Å². The van der Waals surface area contributed by atoms with Crippen LogP contribution >= 0.6 is 40.5 Å². The van der Waals surface area contributed by atoms with Crippen molar-refractivity contribution in [2.45, 2.75) is 0 Å². The van der Waals surface area contributed by atoms with Crippen LogP contribution in [0.2, 0.25) is 0 Å². The fraction of sp³-hybridized carbons (Fsp3) is 0. The van der Waals surface area contributed by atoms with Gasteiger partial charge in [0.2, 0.25) is 0 Å². The maximum absolute atomic E-state index is 8.74. The first-order chi connectivity index (χ1) is 1.73. The van der Waals surface area contributed by atoms with E-state index in [2.05, 4.69) is 0 Å². The fourth-order valence-electron chi connectivity index (χ4n) is 0. The summed E-state index contributed by atoms with van der Waals surface area (Å²) in [6, 6.07) is 0. The monoisotopic (exact) mass is 186 g/mol. The van der Waals surface area contributed by atoms with E-state index in [4.69, 9.17) is 14.4 Å². The summed E-state index contributed by atoms with van der Waals surface area (Å²) in [5.74, 6) is 0. The predicted octanol–water partition coefficient (Wildman–Crippen LogP) is -0.101. The highest BCUT2D eigenvalue weighted by atomic mass is 35.5. The molecule has 0 amide bonds. The van der Waals surface area contributed by atoms with Crippen molar-refractivity contribution < 1.29 is 14.4 Å². The molecule has 3 nitrogen and oxygen atoms in total. The average Bonchev–Trinajstić information content (AvgIpc) is 0.811. The zero-order valence-corrected chi connectivity index (χ0v) is 8.27. The highest BCUT2D eigenvalue weighted by Crippen LogP contribution is 1.98. The van der Waals surface area contributed by atoms with Crippen molar-refractivity contribution in [3.8, 4) is 0 Å². The van der Waals surface area contributed by atoms with E-state index in [0.29, 0.717) is 0 Å². The number of hydrogen-bond donors (Lipinski definition) is 2. The highest BCUT2D eigenvalue weighted by molar-refractivity contribution is 7.30. The van der Waals surface area contributed by atoms with E-state index < -0.39 is 8.25 Å². The molecule has 50 valence electrons. The van der Waals surface area contributed by atoms with Gasteiger partial charge in [0.1, 0.15) is 0 Å². The SMILES string of the molecule is Cl.O=[PH](O)O.P.P. The largest absolute Gasteiger partial charge is 0.326 e. The van der Waals surface area contributed by atoms with Gasteiger partial charge >= 0.3 is 8.25 Å². The van der Waals surface area contributed by atoms with E-state index >= 15 is 0 Å². The second-order valence-corrected chi connectivity index (χ2v) is 0.848. The summed E-state index contributed by atoms with van der Waals surface area (Å²) in [6.07, 6.45) is 0. The first-order valence-electron chi connectivity index (χ1n) is 0.651. The Bertz CT molecular complexity index is 33.2. The van der Waals surface area contributed by atoms with Crippen LogP contribution in [0.4, 0.5) is 0 Å². The van der Waals surface area contributed by atoms with Crippen LogP contribution in [0.1, 0.15) is 0 Å². The maximum Gasteiger partial charge on any atom is 0.314 e. The van der Waals surface area contributed by atoms with Gasteiger partial charge < -0.3 is 9.79 Å². The van der Waals surface area contributed by atoms with Gasteiger partial charge in [-0.15, -0.1) is 12.4 Å². The molecule has 0 aliphatic rings. The maximum atomic E-state index is 8.74. The third-order valence-electron chi connectivity index (χ3n) is 0. The Kier molecular flexibility index (Phi) is 53.5. The van der Waals surface area contributed by atoms with Gasteiger partial charge in [-0.2, -0.15) is 19.8 Å². The molecular weight excluding hydrogens is 176 g/mol. The Morgan fingerprint density at radius 1 is 1.14 bits per heavy atom. The molecule has 0 radical (unpaired) electrons. The molecule has 0 bridgehead atoms. The minimum atomic E-state index is -3.13. The molecule has 2 N–H and O–H groups in total. The third kappa shape index (κ3) is 121.